The van der Waals surface area contributed by atoms with Crippen molar-refractivity contribution in [2.24, 2.45) is 29.2 Å². The van der Waals surface area contributed by atoms with Crippen LogP contribution in [0, 0.1) is 17.8 Å². The van der Waals surface area contributed by atoms with E-state index in [1.54, 1.807) is 58.0 Å². The summed E-state index contributed by atoms with van der Waals surface area (Å²) in [5.74, 6) is -8.28. The summed E-state index contributed by atoms with van der Waals surface area (Å²) in [7, 11) is 0. The van der Waals surface area contributed by atoms with Crippen LogP contribution < -0.4 is 43.4 Å². The number of unbranched alkanes of at least 4 members (excludes halogenated alkanes) is 1. The number of nitrogens with zero attached hydrogens (tertiary/aromatic N) is 1. The number of amides is 7. The molecule has 1 fully saturated rings. The Morgan fingerprint density at radius 1 is 0.688 bits per heavy atom. The Kier molecular flexibility index (Phi) is 22.9. The fourth-order valence-electron chi connectivity index (χ4n) is 7.23. The largest absolute Gasteiger partial charge is 0.481 e. The zero-order valence-corrected chi connectivity index (χ0v) is 38.2. The fourth-order valence-corrected chi connectivity index (χ4v) is 7.23. The van der Waals surface area contributed by atoms with Crippen LogP contribution in [0.5, 0.6) is 0 Å². The maximum Gasteiger partial charge on any atom is 0.326 e. The van der Waals surface area contributed by atoms with Crippen LogP contribution in [-0.2, 0) is 49.6 Å². The van der Waals surface area contributed by atoms with Gasteiger partial charge in [0.1, 0.15) is 42.3 Å². The minimum Gasteiger partial charge on any atom is -0.481 e. The Labute approximate surface area is 375 Å². The molecule has 20 nitrogen and oxygen atoms in total. The summed E-state index contributed by atoms with van der Waals surface area (Å²) in [6.07, 6.45) is 1.69. The maximum atomic E-state index is 13.9. The smallest absolute Gasteiger partial charge is 0.326 e. The van der Waals surface area contributed by atoms with Gasteiger partial charge in [0.2, 0.25) is 41.4 Å². The molecule has 1 aromatic rings. The van der Waals surface area contributed by atoms with Gasteiger partial charge in [0, 0.05) is 19.4 Å². The SMILES string of the molecule is CC(C)C[C@H](N)C(=O)N[C@@H](CCCCN)C(=O)N1CCC[C@H]1C(=O)N[C@H](C(=O)N[C@H](C(=O)N[C@@H](C)C(=O)N[C@@H](CCC(=O)O)C(=O)N[C@@H](Cc1ccccc1)C(=O)O)C(C)C)C(C)C. The molecule has 12 N–H and O–H groups in total. The molecular weight excluding hydrogens is 831 g/mol. The summed E-state index contributed by atoms with van der Waals surface area (Å²) in [4.78, 5) is 120. The van der Waals surface area contributed by atoms with Crippen LogP contribution >= 0.6 is 0 Å². The number of carboxylic acid groups (broad SMARTS) is 2. The van der Waals surface area contributed by atoms with E-state index in [4.69, 9.17) is 11.5 Å². The van der Waals surface area contributed by atoms with Crippen molar-refractivity contribution in [2.75, 3.05) is 13.1 Å². The molecule has 1 saturated heterocycles. The fraction of sp³-hybridized carbons (Fsp3) is 0.659. The van der Waals surface area contributed by atoms with Crippen molar-refractivity contribution in [1.29, 1.82) is 0 Å². The van der Waals surface area contributed by atoms with Gasteiger partial charge in [-0.15, -0.1) is 0 Å². The second-order valence-corrected chi connectivity index (χ2v) is 17.5. The van der Waals surface area contributed by atoms with Gasteiger partial charge in [0.05, 0.1) is 6.04 Å². The first kappa shape index (κ1) is 54.5. The summed E-state index contributed by atoms with van der Waals surface area (Å²) in [6.45, 7) is 12.5. The van der Waals surface area contributed by atoms with Crippen molar-refractivity contribution in [3.8, 4) is 0 Å². The van der Waals surface area contributed by atoms with Gasteiger partial charge in [-0.1, -0.05) is 71.9 Å². The van der Waals surface area contributed by atoms with E-state index in [0.717, 1.165) is 0 Å². The monoisotopic (exact) mass is 902 g/mol. The van der Waals surface area contributed by atoms with E-state index in [9.17, 15) is 53.4 Å². The number of likely N-dealkylation sites (tertiary alicyclic amines) is 1. The third-order valence-corrected chi connectivity index (χ3v) is 10.9. The normalized spacial score (nSPS) is 17.0. The van der Waals surface area contributed by atoms with Gasteiger partial charge in [-0.05, 0) is 81.7 Å². The Morgan fingerprint density at radius 3 is 1.83 bits per heavy atom. The van der Waals surface area contributed by atoms with Crippen molar-refractivity contribution in [1.82, 2.24) is 36.8 Å². The summed E-state index contributed by atoms with van der Waals surface area (Å²) >= 11 is 0. The summed E-state index contributed by atoms with van der Waals surface area (Å²) < 4.78 is 0. The number of carbonyl (C=O) groups is 9. The molecule has 0 saturated carbocycles. The molecular formula is C44H71N9O11. The molecule has 1 aliphatic heterocycles. The highest BCUT2D eigenvalue weighted by Crippen LogP contribution is 2.21. The zero-order valence-electron chi connectivity index (χ0n) is 38.2. The lowest BCUT2D eigenvalue weighted by Crippen LogP contribution is -2.61. The predicted molar refractivity (Wildman–Crippen MR) is 237 cm³/mol. The van der Waals surface area contributed by atoms with Gasteiger partial charge in [-0.3, -0.25) is 38.4 Å². The number of aliphatic carboxylic acids is 2. The van der Waals surface area contributed by atoms with Crippen LogP contribution in [0.15, 0.2) is 30.3 Å². The highest BCUT2D eigenvalue weighted by molar-refractivity contribution is 5.98. The van der Waals surface area contributed by atoms with E-state index in [1.165, 1.54) is 11.8 Å². The molecule has 8 atom stereocenters. The lowest BCUT2D eigenvalue weighted by molar-refractivity contribution is -0.143. The number of carbonyl (C=O) groups excluding carboxylic acids is 7. The van der Waals surface area contributed by atoms with E-state index in [-0.39, 0.29) is 25.3 Å². The van der Waals surface area contributed by atoms with Gasteiger partial charge >= 0.3 is 11.9 Å². The van der Waals surface area contributed by atoms with Crippen molar-refractivity contribution >= 4 is 53.3 Å². The minimum absolute atomic E-state index is 0.0810. The molecule has 1 aromatic carbocycles. The molecule has 1 aliphatic rings. The number of benzene rings is 1. The predicted octanol–water partition coefficient (Wildman–Crippen LogP) is -0.0874. The number of rotatable bonds is 27. The van der Waals surface area contributed by atoms with Gasteiger partial charge in [0.15, 0.2) is 0 Å². The average Bonchev–Trinajstić information content (AvgIpc) is 3.72. The zero-order chi connectivity index (χ0) is 48.3. The maximum absolute atomic E-state index is 13.9. The molecule has 358 valence electrons. The third kappa shape index (κ3) is 17.9. The molecule has 0 aromatic heterocycles. The summed E-state index contributed by atoms with van der Waals surface area (Å²) in [5, 5.41) is 34.6. The second kappa shape index (κ2) is 26.9. The lowest BCUT2D eigenvalue weighted by Gasteiger charge is -2.32. The van der Waals surface area contributed by atoms with E-state index in [1.807, 2.05) is 13.8 Å². The number of nitrogens with one attached hydrogen (secondary N) is 6. The first-order valence-electron chi connectivity index (χ1n) is 22.1. The molecule has 7 amide bonds. The van der Waals surface area contributed by atoms with E-state index < -0.39 is 120 Å². The molecule has 0 bridgehead atoms. The summed E-state index contributed by atoms with van der Waals surface area (Å²) in [6, 6.07) is -0.762. The van der Waals surface area contributed by atoms with Gasteiger partial charge in [0.25, 0.3) is 0 Å². The molecule has 0 unspecified atom stereocenters. The highest BCUT2D eigenvalue weighted by atomic mass is 16.4. The average molecular weight is 902 g/mol. The quantitative estimate of drug-likeness (QED) is 0.0517. The van der Waals surface area contributed by atoms with Crippen molar-refractivity contribution < 1.29 is 53.4 Å². The van der Waals surface area contributed by atoms with Crippen molar-refractivity contribution in [2.45, 2.75) is 155 Å². The minimum atomic E-state index is -1.48. The molecule has 1 heterocycles. The van der Waals surface area contributed by atoms with Gasteiger partial charge in [-0.2, -0.15) is 0 Å². The first-order chi connectivity index (χ1) is 30.1. The Hall–Kier alpha value is -5.63. The Bertz CT molecular complexity index is 1760. The van der Waals surface area contributed by atoms with Crippen LogP contribution in [0.4, 0.5) is 0 Å². The Morgan fingerprint density at radius 2 is 1.27 bits per heavy atom. The number of hydrogen-bond donors (Lipinski definition) is 10. The van der Waals surface area contributed by atoms with Crippen LogP contribution in [0.3, 0.4) is 0 Å². The topological polar surface area (TPSA) is 322 Å². The van der Waals surface area contributed by atoms with E-state index in [0.29, 0.717) is 50.6 Å². The van der Waals surface area contributed by atoms with E-state index in [2.05, 4.69) is 31.9 Å². The molecule has 0 aliphatic carbocycles. The second-order valence-electron chi connectivity index (χ2n) is 17.5. The van der Waals surface area contributed by atoms with Crippen molar-refractivity contribution in [3.63, 3.8) is 0 Å². The molecule has 2 rings (SSSR count). The Balaban J connectivity index is 2.17. The number of hydrogen-bond acceptors (Lipinski definition) is 11. The van der Waals surface area contributed by atoms with Crippen LogP contribution in [-0.4, -0.2) is 130 Å². The number of carboxylic acids is 2. The number of nitrogens with two attached hydrogens (primary N) is 2. The van der Waals surface area contributed by atoms with Gasteiger partial charge in [-0.25, -0.2) is 4.79 Å². The highest BCUT2D eigenvalue weighted by Gasteiger charge is 2.40. The lowest BCUT2D eigenvalue weighted by atomic mass is 9.99. The first-order valence-corrected chi connectivity index (χ1v) is 22.1. The summed E-state index contributed by atoms with van der Waals surface area (Å²) in [5.41, 5.74) is 12.4. The van der Waals surface area contributed by atoms with Crippen LogP contribution in [0.25, 0.3) is 0 Å². The van der Waals surface area contributed by atoms with E-state index >= 15 is 0 Å². The van der Waals surface area contributed by atoms with Gasteiger partial charge < -0.3 is 58.5 Å². The third-order valence-electron chi connectivity index (χ3n) is 10.9. The van der Waals surface area contributed by atoms with Crippen LogP contribution in [0.1, 0.15) is 105 Å². The molecule has 0 spiro atoms. The van der Waals surface area contributed by atoms with Crippen LogP contribution in [0.2, 0.25) is 0 Å². The molecule has 0 radical (unpaired) electrons. The molecule has 20 heteroatoms. The standard InChI is InChI=1S/C44H71N9O11/c1-24(2)22-29(46)38(57)49-31(16-11-12-20-45)43(62)53-21-13-17-33(53)40(59)51-36(26(5)6)42(61)52-35(25(3)4)41(60)47-27(7)37(56)48-30(18-19-34(54)55)39(58)50-32(44(63)64)23-28-14-9-8-10-15-28/h8-10,14-15,24-27,29-33,35-36H,11-13,16-23,45-46H2,1-7H3,(H,47,60)(H,48,56)(H,49,57)(H,50,58)(H,51,59)(H,52,61)(H,54,55)(H,63,64)/t27-,29-,30-,31-,32-,33-,35-,36-/m0/s1. The van der Waals surface area contributed by atoms with Crippen molar-refractivity contribution in [3.05, 3.63) is 35.9 Å². The molecule has 64 heavy (non-hydrogen) atoms.